The molecule has 136 valence electrons. The highest BCUT2D eigenvalue weighted by Gasteiger charge is 2.15. The van der Waals surface area contributed by atoms with Crippen LogP contribution in [0.15, 0.2) is 36.4 Å². The van der Waals surface area contributed by atoms with Gasteiger partial charge in [0.2, 0.25) is 0 Å². The van der Waals surface area contributed by atoms with E-state index in [1.807, 2.05) is 45.0 Å². The largest absolute Gasteiger partial charge is 0.483 e. The van der Waals surface area contributed by atoms with Crippen LogP contribution >= 0.6 is 0 Å². The Bertz CT molecular complexity index is 708. The van der Waals surface area contributed by atoms with Gasteiger partial charge < -0.3 is 20.1 Å². The predicted molar refractivity (Wildman–Crippen MR) is 101 cm³/mol. The quantitative estimate of drug-likeness (QED) is 0.723. The summed E-state index contributed by atoms with van der Waals surface area (Å²) in [5.41, 5.74) is 0.784. The molecular formula is C20H28N2O3. The smallest absolute Gasteiger partial charge is 0.258 e. The third kappa shape index (κ3) is 6.03. The second-order valence-corrected chi connectivity index (χ2v) is 7.02. The predicted octanol–water partition coefficient (Wildman–Crippen LogP) is 2.87. The number of carbonyl (C=O) groups excluding carboxylic acids is 1. The average molecular weight is 344 g/mol. The van der Waals surface area contributed by atoms with Gasteiger partial charge in [-0.3, -0.25) is 4.79 Å². The van der Waals surface area contributed by atoms with Crippen LogP contribution in [0.2, 0.25) is 0 Å². The molecule has 0 saturated heterocycles. The van der Waals surface area contributed by atoms with Gasteiger partial charge in [-0.05, 0) is 37.6 Å². The number of rotatable bonds is 8. The van der Waals surface area contributed by atoms with Crippen molar-refractivity contribution in [3.63, 3.8) is 0 Å². The SMILES string of the molecule is COCCNCc1c(OCC(=O)NC(C)(C)C)ccc2ccccc12. The van der Waals surface area contributed by atoms with E-state index in [4.69, 9.17) is 9.47 Å². The number of nitrogens with one attached hydrogen (secondary N) is 2. The Morgan fingerprint density at radius 3 is 2.60 bits per heavy atom. The topological polar surface area (TPSA) is 59.6 Å². The third-order valence-corrected chi connectivity index (χ3v) is 3.66. The van der Waals surface area contributed by atoms with Crippen LogP contribution in [0, 0.1) is 0 Å². The minimum Gasteiger partial charge on any atom is -0.483 e. The van der Waals surface area contributed by atoms with Gasteiger partial charge in [0.05, 0.1) is 6.61 Å². The first kappa shape index (κ1) is 19.2. The number of hydrogen-bond donors (Lipinski definition) is 2. The molecule has 0 atom stereocenters. The van der Waals surface area contributed by atoms with Crippen LogP contribution in [0.25, 0.3) is 10.8 Å². The summed E-state index contributed by atoms with van der Waals surface area (Å²) < 4.78 is 10.9. The maximum Gasteiger partial charge on any atom is 0.258 e. The van der Waals surface area contributed by atoms with Gasteiger partial charge in [0, 0.05) is 31.3 Å². The number of carbonyl (C=O) groups is 1. The molecule has 0 spiro atoms. The fraction of sp³-hybridized carbons (Fsp3) is 0.450. The Morgan fingerprint density at radius 2 is 1.88 bits per heavy atom. The molecule has 0 aliphatic rings. The summed E-state index contributed by atoms with van der Waals surface area (Å²) in [7, 11) is 1.68. The van der Waals surface area contributed by atoms with Crippen LogP contribution in [0.1, 0.15) is 26.3 Å². The highest BCUT2D eigenvalue weighted by atomic mass is 16.5. The molecule has 0 fully saturated rings. The molecule has 2 N–H and O–H groups in total. The molecule has 0 aromatic heterocycles. The van der Waals surface area contributed by atoms with Crippen LogP contribution < -0.4 is 15.4 Å². The summed E-state index contributed by atoms with van der Waals surface area (Å²) in [5.74, 6) is 0.603. The van der Waals surface area contributed by atoms with Crippen LogP contribution in [-0.2, 0) is 16.1 Å². The van der Waals surface area contributed by atoms with Crippen molar-refractivity contribution in [2.45, 2.75) is 32.9 Å². The van der Waals surface area contributed by atoms with Crippen LogP contribution in [0.3, 0.4) is 0 Å². The Kier molecular flexibility index (Phi) is 6.79. The van der Waals surface area contributed by atoms with Gasteiger partial charge in [-0.15, -0.1) is 0 Å². The van der Waals surface area contributed by atoms with E-state index in [9.17, 15) is 4.79 Å². The van der Waals surface area contributed by atoms with Gasteiger partial charge in [-0.25, -0.2) is 0 Å². The van der Waals surface area contributed by atoms with E-state index in [0.717, 1.165) is 28.6 Å². The second kappa shape index (κ2) is 8.83. The summed E-state index contributed by atoms with van der Waals surface area (Å²) >= 11 is 0. The normalized spacial score (nSPS) is 11.5. The van der Waals surface area contributed by atoms with Crippen molar-refractivity contribution in [1.29, 1.82) is 0 Å². The Morgan fingerprint density at radius 1 is 1.12 bits per heavy atom. The molecule has 0 aliphatic heterocycles. The molecule has 0 bridgehead atoms. The number of amides is 1. The van der Waals surface area contributed by atoms with Crippen molar-refractivity contribution in [2.75, 3.05) is 26.9 Å². The van der Waals surface area contributed by atoms with E-state index in [-0.39, 0.29) is 18.1 Å². The fourth-order valence-corrected chi connectivity index (χ4v) is 2.62. The zero-order chi connectivity index (χ0) is 18.3. The molecule has 1 amide bonds. The number of ether oxygens (including phenoxy) is 2. The van der Waals surface area contributed by atoms with Gasteiger partial charge in [0.1, 0.15) is 5.75 Å². The minimum atomic E-state index is -0.269. The second-order valence-electron chi connectivity index (χ2n) is 7.02. The summed E-state index contributed by atoms with van der Waals surface area (Å²) in [6.07, 6.45) is 0. The van der Waals surface area contributed by atoms with E-state index in [2.05, 4.69) is 22.8 Å². The lowest BCUT2D eigenvalue weighted by atomic mass is 10.0. The summed E-state index contributed by atoms with van der Waals surface area (Å²) in [5, 5.41) is 8.54. The molecule has 2 aromatic rings. The Labute approximate surface area is 149 Å². The summed E-state index contributed by atoms with van der Waals surface area (Å²) in [4.78, 5) is 12.0. The van der Waals surface area contributed by atoms with Crippen molar-refractivity contribution >= 4 is 16.7 Å². The summed E-state index contributed by atoms with van der Waals surface area (Å²) in [6.45, 7) is 7.91. The minimum absolute atomic E-state index is 0.000676. The number of methoxy groups -OCH3 is 1. The molecule has 5 nitrogen and oxygen atoms in total. The average Bonchev–Trinajstić information content (AvgIpc) is 2.56. The molecule has 0 heterocycles. The Hall–Kier alpha value is -2.11. The maximum absolute atomic E-state index is 12.0. The zero-order valence-corrected chi connectivity index (χ0v) is 15.5. The standard InChI is InChI=1S/C20H28N2O3/c1-20(2,3)22-19(23)14-25-18-10-9-15-7-5-6-8-16(15)17(18)13-21-11-12-24-4/h5-10,21H,11-14H2,1-4H3,(H,22,23). The molecule has 25 heavy (non-hydrogen) atoms. The van der Waals surface area contributed by atoms with Crippen LogP contribution in [0.4, 0.5) is 0 Å². The van der Waals surface area contributed by atoms with Gasteiger partial charge in [-0.1, -0.05) is 30.3 Å². The molecule has 0 unspecified atom stereocenters. The molecule has 0 saturated carbocycles. The molecule has 5 heteroatoms. The molecule has 0 radical (unpaired) electrons. The first-order chi connectivity index (χ1) is 11.9. The van der Waals surface area contributed by atoms with Crippen molar-refractivity contribution in [3.05, 3.63) is 42.0 Å². The third-order valence-electron chi connectivity index (χ3n) is 3.66. The lowest BCUT2D eigenvalue weighted by molar-refractivity contribution is -0.124. The zero-order valence-electron chi connectivity index (χ0n) is 15.5. The number of fused-ring (bicyclic) bond motifs is 1. The van der Waals surface area contributed by atoms with E-state index < -0.39 is 0 Å². The highest BCUT2D eigenvalue weighted by molar-refractivity contribution is 5.88. The first-order valence-corrected chi connectivity index (χ1v) is 8.55. The molecule has 0 aliphatic carbocycles. The fourth-order valence-electron chi connectivity index (χ4n) is 2.62. The van der Waals surface area contributed by atoms with Crippen molar-refractivity contribution in [1.82, 2.24) is 10.6 Å². The molecule has 2 rings (SSSR count). The van der Waals surface area contributed by atoms with Gasteiger partial charge in [0.15, 0.2) is 6.61 Å². The molecular weight excluding hydrogens is 316 g/mol. The van der Waals surface area contributed by atoms with Crippen molar-refractivity contribution < 1.29 is 14.3 Å². The maximum atomic E-state index is 12.0. The Balaban J connectivity index is 2.15. The molecule has 2 aromatic carbocycles. The number of benzene rings is 2. The summed E-state index contributed by atoms with van der Waals surface area (Å²) in [6, 6.07) is 12.1. The van der Waals surface area contributed by atoms with E-state index in [0.29, 0.717) is 13.2 Å². The van der Waals surface area contributed by atoms with Crippen LogP contribution in [-0.4, -0.2) is 38.3 Å². The first-order valence-electron chi connectivity index (χ1n) is 8.55. The van der Waals surface area contributed by atoms with E-state index >= 15 is 0 Å². The monoisotopic (exact) mass is 344 g/mol. The van der Waals surface area contributed by atoms with Gasteiger partial charge >= 0.3 is 0 Å². The van der Waals surface area contributed by atoms with Crippen molar-refractivity contribution in [2.24, 2.45) is 0 Å². The lowest BCUT2D eigenvalue weighted by Gasteiger charge is -2.21. The lowest BCUT2D eigenvalue weighted by Crippen LogP contribution is -2.43. The van der Waals surface area contributed by atoms with E-state index in [1.165, 1.54) is 0 Å². The van der Waals surface area contributed by atoms with Crippen molar-refractivity contribution in [3.8, 4) is 5.75 Å². The van der Waals surface area contributed by atoms with Gasteiger partial charge in [0.25, 0.3) is 5.91 Å². The van der Waals surface area contributed by atoms with E-state index in [1.54, 1.807) is 7.11 Å². The highest BCUT2D eigenvalue weighted by Crippen LogP contribution is 2.28. The van der Waals surface area contributed by atoms with Gasteiger partial charge in [-0.2, -0.15) is 0 Å². The number of hydrogen-bond acceptors (Lipinski definition) is 4. The van der Waals surface area contributed by atoms with Crippen LogP contribution in [0.5, 0.6) is 5.75 Å².